The molecule has 2 aromatic carbocycles. The molecule has 0 aromatic heterocycles. The Hall–Kier alpha value is -2.66. The number of aliphatic hydroxyl groups excluding tert-OH is 1. The number of aliphatic hydroxyl groups is 1. The lowest BCUT2D eigenvalue weighted by atomic mass is 10.1. The fraction of sp³-hybridized carbons (Fsp3) is 0.176. The third-order valence-electron chi connectivity index (χ3n) is 3.21. The number of nitrogens with zero attached hydrogens (tertiary/aromatic N) is 1. The molecule has 0 aliphatic heterocycles. The van der Waals surface area contributed by atoms with E-state index < -0.39 is 0 Å². The highest BCUT2D eigenvalue weighted by molar-refractivity contribution is 6.05. The highest BCUT2D eigenvalue weighted by Crippen LogP contribution is 2.18. The van der Waals surface area contributed by atoms with Crippen molar-refractivity contribution in [1.82, 2.24) is 0 Å². The van der Waals surface area contributed by atoms with Gasteiger partial charge in [0, 0.05) is 11.3 Å². The van der Waals surface area contributed by atoms with Gasteiger partial charge in [0.15, 0.2) is 0 Å². The number of amides is 1. The van der Waals surface area contributed by atoms with Crippen LogP contribution in [0, 0.1) is 6.92 Å². The Bertz CT molecular complexity index is 679. The van der Waals surface area contributed by atoms with Crippen molar-refractivity contribution < 1.29 is 14.7 Å². The number of hydrogen-bond donors (Lipinski definition) is 2. The molecule has 0 atom stereocenters. The van der Waals surface area contributed by atoms with Crippen molar-refractivity contribution >= 4 is 17.8 Å². The van der Waals surface area contributed by atoms with Crippen molar-refractivity contribution in [3.8, 4) is 0 Å². The molecule has 1 amide bonds. The van der Waals surface area contributed by atoms with Crippen LogP contribution < -0.4 is 5.32 Å². The van der Waals surface area contributed by atoms with E-state index in [9.17, 15) is 9.90 Å². The maximum Gasteiger partial charge on any atom is 0.255 e. The van der Waals surface area contributed by atoms with Crippen molar-refractivity contribution in [2.45, 2.75) is 13.5 Å². The average molecular weight is 298 g/mol. The molecular weight excluding hydrogens is 280 g/mol. The van der Waals surface area contributed by atoms with Gasteiger partial charge < -0.3 is 15.3 Å². The van der Waals surface area contributed by atoms with Gasteiger partial charge in [-0.1, -0.05) is 29.4 Å². The molecule has 0 aliphatic rings. The standard InChI is InChI=1S/C17H18N2O3/c1-12-3-4-14(11-20)9-16(12)19-17(21)15-7-5-13(6-8-15)10-18-22-2/h3-10,20H,11H2,1-2H3,(H,19,21)/b18-10+. The molecule has 0 aliphatic carbocycles. The smallest absolute Gasteiger partial charge is 0.255 e. The zero-order chi connectivity index (χ0) is 15.9. The van der Waals surface area contributed by atoms with Crippen LogP contribution in [-0.4, -0.2) is 24.3 Å². The topological polar surface area (TPSA) is 70.9 Å². The van der Waals surface area contributed by atoms with E-state index in [1.807, 2.05) is 19.1 Å². The van der Waals surface area contributed by atoms with E-state index in [1.165, 1.54) is 7.11 Å². The van der Waals surface area contributed by atoms with Gasteiger partial charge >= 0.3 is 0 Å². The highest BCUT2D eigenvalue weighted by atomic mass is 16.6. The van der Waals surface area contributed by atoms with Gasteiger partial charge in [-0.05, 0) is 41.8 Å². The van der Waals surface area contributed by atoms with Crippen LogP contribution in [0.1, 0.15) is 27.0 Å². The van der Waals surface area contributed by atoms with Crippen molar-refractivity contribution in [3.05, 3.63) is 64.7 Å². The first kappa shape index (κ1) is 15.7. The fourth-order valence-electron chi connectivity index (χ4n) is 1.93. The van der Waals surface area contributed by atoms with Crippen LogP contribution in [0.15, 0.2) is 47.6 Å². The molecule has 0 spiro atoms. The van der Waals surface area contributed by atoms with Crippen molar-refractivity contribution in [2.24, 2.45) is 5.16 Å². The number of carbonyl (C=O) groups excluding carboxylic acids is 1. The lowest BCUT2D eigenvalue weighted by Gasteiger charge is -2.10. The summed E-state index contributed by atoms with van der Waals surface area (Å²) in [6.07, 6.45) is 1.57. The van der Waals surface area contributed by atoms with Crippen molar-refractivity contribution in [3.63, 3.8) is 0 Å². The Labute approximate surface area is 129 Å². The van der Waals surface area contributed by atoms with Gasteiger partial charge in [0.05, 0.1) is 12.8 Å². The van der Waals surface area contributed by atoms with Gasteiger partial charge in [-0.3, -0.25) is 4.79 Å². The van der Waals surface area contributed by atoms with E-state index in [-0.39, 0.29) is 12.5 Å². The second-order valence-electron chi connectivity index (χ2n) is 4.80. The summed E-state index contributed by atoms with van der Waals surface area (Å²) in [5.74, 6) is -0.201. The van der Waals surface area contributed by atoms with Crippen LogP contribution in [-0.2, 0) is 11.4 Å². The summed E-state index contributed by atoms with van der Waals surface area (Å²) in [4.78, 5) is 16.9. The van der Waals surface area contributed by atoms with E-state index in [4.69, 9.17) is 0 Å². The normalized spacial score (nSPS) is 10.7. The molecule has 0 saturated heterocycles. The van der Waals surface area contributed by atoms with E-state index >= 15 is 0 Å². The Morgan fingerprint density at radius 1 is 1.27 bits per heavy atom. The predicted octanol–water partition coefficient (Wildman–Crippen LogP) is 2.72. The summed E-state index contributed by atoms with van der Waals surface area (Å²) in [7, 11) is 1.47. The minimum Gasteiger partial charge on any atom is -0.399 e. The van der Waals surface area contributed by atoms with Crippen LogP contribution in [0.2, 0.25) is 0 Å². The zero-order valence-electron chi connectivity index (χ0n) is 12.5. The molecule has 2 aromatic rings. The van der Waals surface area contributed by atoms with E-state index in [0.717, 1.165) is 16.7 Å². The Morgan fingerprint density at radius 2 is 2.00 bits per heavy atom. The molecule has 5 nitrogen and oxygen atoms in total. The van der Waals surface area contributed by atoms with Gasteiger partial charge in [0.1, 0.15) is 7.11 Å². The van der Waals surface area contributed by atoms with Crippen molar-refractivity contribution in [1.29, 1.82) is 0 Å². The van der Waals surface area contributed by atoms with Crippen LogP contribution >= 0.6 is 0 Å². The molecule has 0 fully saturated rings. The number of benzene rings is 2. The van der Waals surface area contributed by atoms with Gasteiger partial charge in [0.2, 0.25) is 0 Å². The average Bonchev–Trinajstić information content (AvgIpc) is 2.55. The Balaban J connectivity index is 2.13. The van der Waals surface area contributed by atoms with Gasteiger partial charge in [-0.15, -0.1) is 0 Å². The molecule has 0 bridgehead atoms. The Kier molecular flexibility index (Phi) is 5.27. The first-order valence-corrected chi connectivity index (χ1v) is 6.82. The second-order valence-corrected chi connectivity index (χ2v) is 4.80. The molecule has 5 heteroatoms. The summed E-state index contributed by atoms with van der Waals surface area (Å²) in [5, 5.41) is 15.7. The van der Waals surface area contributed by atoms with Crippen LogP contribution in [0.25, 0.3) is 0 Å². The molecule has 0 heterocycles. The number of oxime groups is 1. The first-order chi connectivity index (χ1) is 10.6. The zero-order valence-corrected chi connectivity index (χ0v) is 12.5. The maximum absolute atomic E-state index is 12.3. The number of carbonyl (C=O) groups is 1. The SMILES string of the molecule is CO/N=C/c1ccc(C(=O)Nc2cc(CO)ccc2C)cc1. The van der Waals surface area contributed by atoms with E-state index in [1.54, 1.807) is 36.5 Å². The number of anilines is 1. The molecule has 22 heavy (non-hydrogen) atoms. The summed E-state index contributed by atoms with van der Waals surface area (Å²) in [6, 6.07) is 12.5. The third-order valence-corrected chi connectivity index (χ3v) is 3.21. The van der Waals surface area contributed by atoms with Crippen LogP contribution in [0.4, 0.5) is 5.69 Å². The first-order valence-electron chi connectivity index (χ1n) is 6.82. The lowest BCUT2D eigenvalue weighted by molar-refractivity contribution is 0.102. The number of hydrogen-bond acceptors (Lipinski definition) is 4. The predicted molar refractivity (Wildman–Crippen MR) is 86.1 cm³/mol. The fourth-order valence-corrected chi connectivity index (χ4v) is 1.93. The molecule has 2 rings (SSSR count). The van der Waals surface area contributed by atoms with Crippen LogP contribution in [0.3, 0.4) is 0 Å². The molecule has 2 N–H and O–H groups in total. The summed E-state index contributed by atoms with van der Waals surface area (Å²) in [5.41, 5.74) is 3.78. The largest absolute Gasteiger partial charge is 0.399 e. The maximum atomic E-state index is 12.3. The third kappa shape index (κ3) is 3.93. The monoisotopic (exact) mass is 298 g/mol. The summed E-state index contributed by atoms with van der Waals surface area (Å²) < 4.78 is 0. The minimum atomic E-state index is -0.201. The summed E-state index contributed by atoms with van der Waals surface area (Å²) in [6.45, 7) is 1.85. The molecule has 0 saturated carbocycles. The number of aryl methyl sites for hydroxylation is 1. The highest BCUT2D eigenvalue weighted by Gasteiger charge is 2.08. The minimum absolute atomic E-state index is 0.0588. The quantitative estimate of drug-likeness (QED) is 0.658. The Morgan fingerprint density at radius 3 is 2.64 bits per heavy atom. The van der Waals surface area contributed by atoms with Crippen molar-refractivity contribution in [2.75, 3.05) is 12.4 Å². The van der Waals surface area contributed by atoms with Gasteiger partial charge in [-0.2, -0.15) is 0 Å². The van der Waals surface area contributed by atoms with E-state index in [2.05, 4.69) is 15.3 Å². The summed E-state index contributed by atoms with van der Waals surface area (Å²) >= 11 is 0. The molecule has 114 valence electrons. The van der Waals surface area contributed by atoms with Gasteiger partial charge in [0.25, 0.3) is 5.91 Å². The molecular formula is C17H18N2O3. The second kappa shape index (κ2) is 7.38. The molecule has 0 radical (unpaired) electrons. The van der Waals surface area contributed by atoms with E-state index in [0.29, 0.717) is 11.3 Å². The number of rotatable bonds is 5. The van der Waals surface area contributed by atoms with Gasteiger partial charge in [-0.25, -0.2) is 0 Å². The van der Waals surface area contributed by atoms with Crippen LogP contribution in [0.5, 0.6) is 0 Å². The molecule has 0 unspecified atom stereocenters. The lowest BCUT2D eigenvalue weighted by Crippen LogP contribution is -2.13. The number of nitrogens with one attached hydrogen (secondary N) is 1.